The number of carbonyl (C=O) groups excluding carboxylic acids is 1. The third kappa shape index (κ3) is 9.21. The number of amides is 2. The van der Waals surface area contributed by atoms with Crippen molar-refractivity contribution < 1.29 is 14.6 Å². The molecule has 8 heteroatoms. The number of benzene rings is 2. The summed E-state index contributed by atoms with van der Waals surface area (Å²) in [6, 6.07) is 11.3. The minimum absolute atomic E-state index is 0. The Kier molecular flexibility index (Phi) is 10.0. The Morgan fingerprint density at radius 1 is 1.27 bits per heavy atom. The van der Waals surface area contributed by atoms with Gasteiger partial charge in [0.25, 0.3) is 0 Å². The van der Waals surface area contributed by atoms with Gasteiger partial charge in [-0.1, -0.05) is 12.1 Å². The molecule has 2 amide bonds. The summed E-state index contributed by atoms with van der Waals surface area (Å²) >= 11 is 0. The molecule has 182 valence electrons. The van der Waals surface area contributed by atoms with Gasteiger partial charge in [0.2, 0.25) is 0 Å². The fourth-order valence-corrected chi connectivity index (χ4v) is 3.06. The number of hydrazine groups is 1. The average molecular weight is 458 g/mol. The number of hydrogen-bond donors (Lipinski definition) is 5. The molecule has 0 aromatic heterocycles. The lowest BCUT2D eigenvalue weighted by atomic mass is 10.0. The van der Waals surface area contributed by atoms with Crippen LogP contribution in [0.4, 0.5) is 10.5 Å². The van der Waals surface area contributed by atoms with Gasteiger partial charge in [0.15, 0.2) is 0 Å². The molecular weight excluding hydrogens is 418 g/mol. The summed E-state index contributed by atoms with van der Waals surface area (Å²) in [6.45, 7) is 9.33. The zero-order chi connectivity index (χ0) is 24.1. The van der Waals surface area contributed by atoms with Crippen LogP contribution in [0.5, 0.6) is 5.75 Å². The van der Waals surface area contributed by atoms with Crippen molar-refractivity contribution in [1.29, 1.82) is 5.41 Å². The highest BCUT2D eigenvalue weighted by molar-refractivity contribution is 5.96. The molecule has 0 heterocycles. The number of anilines is 1. The predicted octanol–water partition coefficient (Wildman–Crippen LogP) is 5.12. The molecule has 33 heavy (non-hydrogen) atoms. The molecule has 8 N–H and O–H groups in total. The van der Waals surface area contributed by atoms with Crippen LogP contribution in [0, 0.1) is 12.3 Å². The fraction of sp³-hybridized carbons (Fsp3) is 0.440. The van der Waals surface area contributed by atoms with Crippen molar-refractivity contribution in [3.8, 4) is 5.75 Å². The molecule has 2 aromatic rings. The highest BCUT2D eigenvalue weighted by Crippen LogP contribution is 2.43. The summed E-state index contributed by atoms with van der Waals surface area (Å²) in [6.07, 6.45) is 2.32. The normalized spacial score (nSPS) is 12.6. The number of nitrogens with zero attached hydrogens (tertiary/aromatic N) is 1. The van der Waals surface area contributed by atoms with Crippen molar-refractivity contribution in [2.24, 2.45) is 5.84 Å². The summed E-state index contributed by atoms with van der Waals surface area (Å²) in [7, 11) is 1.51. The van der Waals surface area contributed by atoms with E-state index in [1.807, 2.05) is 37.3 Å². The highest BCUT2D eigenvalue weighted by Gasteiger charge is 2.27. The number of nitrogens with two attached hydrogens (primary N) is 1. The van der Waals surface area contributed by atoms with Gasteiger partial charge < -0.3 is 26.7 Å². The zero-order valence-electron chi connectivity index (χ0n) is 20.7. The minimum atomic E-state index is -0.500. The van der Waals surface area contributed by atoms with Crippen LogP contribution >= 0.6 is 0 Å². The molecule has 2 aromatic carbocycles. The standard InChI is InChI=1S/C21H26N4O2.C4H10O.H3N/c1-13-11-16(14(2)22)9-10-20(13)27-12-18-17(15-7-8-15)5-4-6-19(18)24-21(26)25(3)23;1-4(2,3)5;/h4-6,9-11,15,22H,7-8,12,23H2,1-3H3,(H,24,26);5H,1-3H3;1H3. The quantitative estimate of drug-likeness (QED) is 0.177. The average Bonchev–Trinajstić information content (AvgIpc) is 3.51. The van der Waals surface area contributed by atoms with Gasteiger partial charge in [0.1, 0.15) is 12.4 Å². The van der Waals surface area contributed by atoms with Gasteiger partial charge in [-0.15, -0.1) is 0 Å². The Hall–Kier alpha value is -2.94. The minimum Gasteiger partial charge on any atom is -0.489 e. The molecular formula is C25H39N5O3. The summed E-state index contributed by atoms with van der Waals surface area (Å²) in [5.74, 6) is 6.84. The molecule has 0 unspecified atom stereocenters. The van der Waals surface area contributed by atoms with Crippen molar-refractivity contribution in [2.75, 3.05) is 12.4 Å². The SMILES string of the molecule is CC(=N)c1ccc(OCc2c(NC(=O)N(C)N)cccc2C2CC2)c(C)c1.CC(C)(C)O.N. The monoisotopic (exact) mass is 457 g/mol. The lowest BCUT2D eigenvalue weighted by Gasteiger charge is -2.19. The van der Waals surface area contributed by atoms with Crippen molar-refractivity contribution in [3.63, 3.8) is 0 Å². The molecule has 0 atom stereocenters. The molecule has 0 aliphatic heterocycles. The van der Waals surface area contributed by atoms with Gasteiger partial charge in [-0.3, -0.25) is 5.01 Å². The first kappa shape index (κ1) is 28.1. The van der Waals surface area contributed by atoms with E-state index in [-0.39, 0.29) is 12.2 Å². The summed E-state index contributed by atoms with van der Waals surface area (Å²) in [4.78, 5) is 12.0. The van der Waals surface area contributed by atoms with Crippen LogP contribution in [0.25, 0.3) is 0 Å². The zero-order valence-corrected chi connectivity index (χ0v) is 20.7. The molecule has 1 aliphatic carbocycles. The maximum Gasteiger partial charge on any atom is 0.335 e. The Balaban J connectivity index is 0.000000821. The largest absolute Gasteiger partial charge is 0.489 e. The first-order chi connectivity index (χ1) is 14.9. The molecule has 1 fully saturated rings. The molecule has 8 nitrogen and oxygen atoms in total. The number of ether oxygens (including phenoxy) is 1. The summed E-state index contributed by atoms with van der Waals surface area (Å²) in [5, 5.41) is 20.2. The maximum absolute atomic E-state index is 12.0. The van der Waals surface area contributed by atoms with E-state index in [1.165, 1.54) is 12.6 Å². The van der Waals surface area contributed by atoms with E-state index in [1.54, 1.807) is 27.7 Å². The Labute approximate surface area is 197 Å². The third-order valence-corrected chi connectivity index (χ3v) is 4.77. The second-order valence-corrected chi connectivity index (χ2v) is 9.25. The van der Waals surface area contributed by atoms with E-state index < -0.39 is 5.60 Å². The van der Waals surface area contributed by atoms with Gasteiger partial charge in [-0.05, 0) is 94.3 Å². The molecule has 1 saturated carbocycles. The van der Waals surface area contributed by atoms with Crippen LogP contribution in [0.2, 0.25) is 0 Å². The second kappa shape index (κ2) is 11.8. The van der Waals surface area contributed by atoms with E-state index in [4.69, 9.17) is 21.1 Å². The lowest BCUT2D eigenvalue weighted by molar-refractivity contribution is 0.102. The molecule has 0 radical (unpaired) electrons. The summed E-state index contributed by atoms with van der Waals surface area (Å²) < 4.78 is 6.09. The smallest absolute Gasteiger partial charge is 0.335 e. The molecule has 3 rings (SSSR count). The Morgan fingerprint density at radius 2 is 1.88 bits per heavy atom. The lowest BCUT2D eigenvalue weighted by Crippen LogP contribution is -2.37. The second-order valence-electron chi connectivity index (χ2n) is 9.25. The number of urea groups is 1. The molecule has 0 spiro atoms. The number of hydrogen-bond acceptors (Lipinski definition) is 6. The Bertz CT molecular complexity index is 957. The highest BCUT2D eigenvalue weighted by atomic mass is 16.5. The van der Waals surface area contributed by atoms with E-state index in [2.05, 4.69) is 11.4 Å². The van der Waals surface area contributed by atoms with Gasteiger partial charge in [-0.2, -0.15) is 0 Å². The number of carbonyl (C=O) groups is 1. The van der Waals surface area contributed by atoms with Crippen LogP contribution in [0.15, 0.2) is 36.4 Å². The van der Waals surface area contributed by atoms with E-state index in [9.17, 15) is 4.79 Å². The maximum atomic E-state index is 12.0. The topological polar surface area (TPSA) is 147 Å². The molecule has 0 bridgehead atoms. The van der Waals surface area contributed by atoms with Gasteiger partial charge in [-0.25, -0.2) is 10.6 Å². The van der Waals surface area contributed by atoms with Crippen molar-refractivity contribution in [3.05, 3.63) is 58.7 Å². The van der Waals surface area contributed by atoms with Crippen molar-refractivity contribution >= 4 is 17.4 Å². The van der Waals surface area contributed by atoms with Crippen LogP contribution in [0.1, 0.15) is 68.7 Å². The number of rotatable bonds is 6. The van der Waals surface area contributed by atoms with Crippen LogP contribution in [-0.4, -0.2) is 34.5 Å². The number of aryl methyl sites for hydroxylation is 1. The molecule has 1 aliphatic rings. The summed E-state index contributed by atoms with van der Waals surface area (Å²) in [5.41, 5.74) is 4.83. The Morgan fingerprint density at radius 3 is 2.36 bits per heavy atom. The number of nitrogens with one attached hydrogen (secondary N) is 2. The van der Waals surface area contributed by atoms with Gasteiger partial charge >= 0.3 is 6.03 Å². The van der Waals surface area contributed by atoms with Crippen LogP contribution in [0.3, 0.4) is 0 Å². The predicted molar refractivity (Wildman–Crippen MR) is 134 cm³/mol. The van der Waals surface area contributed by atoms with Crippen molar-refractivity contribution in [1.82, 2.24) is 11.2 Å². The van der Waals surface area contributed by atoms with Crippen molar-refractivity contribution in [2.45, 2.75) is 65.6 Å². The van der Waals surface area contributed by atoms with Gasteiger partial charge in [0.05, 0.1) is 5.60 Å². The molecule has 0 saturated heterocycles. The van der Waals surface area contributed by atoms with E-state index in [0.29, 0.717) is 18.2 Å². The van der Waals surface area contributed by atoms with Gasteiger partial charge in [0, 0.05) is 24.0 Å². The van der Waals surface area contributed by atoms with E-state index >= 15 is 0 Å². The van der Waals surface area contributed by atoms with E-state index in [0.717, 1.165) is 46.0 Å². The third-order valence-electron chi connectivity index (χ3n) is 4.77. The van der Waals surface area contributed by atoms with Crippen LogP contribution < -0.4 is 22.0 Å². The number of aliphatic hydroxyl groups is 1. The first-order valence-electron chi connectivity index (χ1n) is 10.8. The fourth-order valence-electron chi connectivity index (χ4n) is 3.06. The van der Waals surface area contributed by atoms with Crippen LogP contribution in [-0.2, 0) is 6.61 Å². The first-order valence-corrected chi connectivity index (χ1v) is 10.8.